The molecule has 3 aromatic carbocycles. The zero-order chi connectivity index (χ0) is 32.5. The van der Waals surface area contributed by atoms with E-state index in [0.29, 0.717) is 0 Å². The highest BCUT2D eigenvalue weighted by Gasteiger charge is 2.91. The van der Waals surface area contributed by atoms with Gasteiger partial charge < -0.3 is 0 Å². The maximum atomic E-state index is 7.57. The van der Waals surface area contributed by atoms with E-state index in [-0.39, 0.29) is 20.1 Å². The van der Waals surface area contributed by atoms with Crippen molar-refractivity contribution in [1.29, 1.82) is 0 Å². The lowest BCUT2D eigenvalue weighted by Crippen LogP contribution is -2.53. The molecule has 0 nitrogen and oxygen atoms in total. The largest absolute Gasteiger partial charge is 0.167 e. The lowest BCUT2D eigenvalue weighted by molar-refractivity contribution is 0.201. The highest BCUT2D eigenvalue weighted by Crippen LogP contribution is 2.88. The van der Waals surface area contributed by atoms with Crippen LogP contribution in [0.25, 0.3) is 40.3 Å². The molecule has 8 unspecified atom stereocenters. The van der Waals surface area contributed by atoms with Gasteiger partial charge in [0.25, 0.3) is 0 Å². The molecule has 236 valence electrons. The third-order valence-electron chi connectivity index (χ3n) is 11.2. The van der Waals surface area contributed by atoms with Gasteiger partial charge in [-0.25, -0.2) is 0 Å². The summed E-state index contributed by atoms with van der Waals surface area (Å²) in [7, 11) is 0. The fourth-order valence-corrected chi connectivity index (χ4v) is 18.1. The average molecular weight is 886 g/mol. The molecule has 0 spiro atoms. The molecule has 2 saturated carbocycles. The molecule has 0 amide bonds. The van der Waals surface area contributed by atoms with Crippen molar-refractivity contribution in [1.82, 2.24) is 0 Å². The summed E-state index contributed by atoms with van der Waals surface area (Å²) in [6, 6.07) is 17.1. The molecule has 0 aliphatic heterocycles. The van der Waals surface area contributed by atoms with E-state index in [9.17, 15) is 0 Å². The van der Waals surface area contributed by atoms with E-state index in [1.807, 2.05) is 12.1 Å². The minimum absolute atomic E-state index is 0.0439. The highest BCUT2D eigenvalue weighted by atomic mass is 35.5. The first-order valence-electron chi connectivity index (χ1n) is 14.0. The van der Waals surface area contributed by atoms with Crippen LogP contribution in [0, 0.1) is 11.8 Å². The van der Waals surface area contributed by atoms with Gasteiger partial charge in [0.2, 0.25) is 0 Å². The SMILES string of the molecule is ClC1=C(Cl)C2(Cl)C3C(c4cc5sc6c7cc8ccccc8cc7sc6c5cc4C4C3C3(Cl)C(Cl)=C(Cl)C4(Cl)C3(Cl)Cl)C1(Cl)C2(Cl)Cl. The number of hydrogen-bond donors (Lipinski definition) is 0. The Hall–Kier alpha value is 1.06. The number of thiophene rings is 2. The molecule has 2 aromatic heterocycles. The molecule has 8 atom stereocenters. The van der Waals surface area contributed by atoms with Gasteiger partial charge in [-0.1, -0.05) is 117 Å². The van der Waals surface area contributed by atoms with E-state index in [2.05, 4.69) is 36.4 Å². The van der Waals surface area contributed by atoms with Gasteiger partial charge in [0.05, 0.1) is 29.5 Å². The van der Waals surface area contributed by atoms with E-state index in [4.69, 9.17) is 139 Å². The fraction of sp³-hybridized carbons (Fsp3) is 0.312. The molecular weight excluding hydrogens is 874 g/mol. The maximum Gasteiger partial charge on any atom is 0.167 e. The minimum Gasteiger partial charge on any atom is -0.134 e. The molecule has 5 aliphatic carbocycles. The lowest BCUT2D eigenvalue weighted by Gasteiger charge is -2.52. The zero-order valence-corrected chi connectivity index (χ0v) is 33.0. The van der Waals surface area contributed by atoms with E-state index in [1.54, 1.807) is 22.7 Å². The Morgan fingerprint density at radius 1 is 0.478 bits per heavy atom. The number of rotatable bonds is 0. The Bertz CT molecular complexity index is 2390. The van der Waals surface area contributed by atoms with Gasteiger partial charge in [-0.2, -0.15) is 0 Å². The molecule has 2 heterocycles. The molecule has 2 fully saturated rings. The van der Waals surface area contributed by atoms with Crippen LogP contribution in [-0.4, -0.2) is 28.2 Å². The second kappa shape index (κ2) is 9.16. The van der Waals surface area contributed by atoms with Gasteiger partial charge in [0, 0.05) is 43.8 Å². The molecule has 10 rings (SSSR count). The second-order valence-corrected chi connectivity index (χ2v) is 21.4. The lowest BCUT2D eigenvalue weighted by atomic mass is 9.57. The van der Waals surface area contributed by atoms with Crippen molar-refractivity contribution in [2.24, 2.45) is 11.8 Å². The van der Waals surface area contributed by atoms with Crippen molar-refractivity contribution in [3.05, 3.63) is 79.8 Å². The third kappa shape index (κ3) is 2.95. The molecule has 0 radical (unpaired) electrons. The van der Waals surface area contributed by atoms with Crippen LogP contribution in [0.3, 0.4) is 0 Å². The Morgan fingerprint density at radius 3 is 1.37 bits per heavy atom. The number of allylic oxidation sites excluding steroid dienone is 4. The molecule has 0 saturated heterocycles. The van der Waals surface area contributed by atoms with E-state index in [0.717, 1.165) is 25.9 Å². The normalized spacial score (nSPS) is 39.8. The molecule has 0 N–H and O–H groups in total. The van der Waals surface area contributed by atoms with Crippen molar-refractivity contribution in [2.45, 2.75) is 40.0 Å². The van der Waals surface area contributed by atoms with Crippen molar-refractivity contribution in [3.8, 4) is 0 Å². The monoisotopic (exact) mass is 880 g/mol. The van der Waals surface area contributed by atoms with E-state index < -0.39 is 51.8 Å². The number of benzene rings is 3. The quantitative estimate of drug-likeness (QED) is 0.136. The first kappa shape index (κ1) is 31.8. The van der Waals surface area contributed by atoms with Crippen LogP contribution in [0.2, 0.25) is 0 Å². The van der Waals surface area contributed by atoms with Gasteiger partial charge in [-0.05, 0) is 46.2 Å². The van der Waals surface area contributed by atoms with Gasteiger partial charge in [0.15, 0.2) is 8.67 Å². The summed E-state index contributed by atoms with van der Waals surface area (Å²) in [6.45, 7) is 0. The molecule has 5 aromatic rings. The smallest absolute Gasteiger partial charge is 0.134 e. The summed E-state index contributed by atoms with van der Waals surface area (Å²) in [5.41, 5.74) is 1.62. The van der Waals surface area contributed by atoms with Gasteiger partial charge >= 0.3 is 0 Å². The van der Waals surface area contributed by atoms with E-state index in [1.165, 1.54) is 25.6 Å². The van der Waals surface area contributed by atoms with Crippen LogP contribution >= 0.6 is 162 Å². The number of hydrogen-bond acceptors (Lipinski definition) is 2. The maximum absolute atomic E-state index is 7.57. The fourth-order valence-electron chi connectivity index (χ4n) is 9.34. The summed E-state index contributed by atoms with van der Waals surface area (Å²) in [6.07, 6.45) is 0. The second-order valence-electron chi connectivity index (χ2n) is 12.8. The summed E-state index contributed by atoms with van der Waals surface area (Å²) in [5, 5.41) is 4.85. The Morgan fingerprint density at radius 2 is 0.870 bits per heavy atom. The molecule has 46 heavy (non-hydrogen) atoms. The molecule has 14 heteroatoms. The van der Waals surface area contributed by atoms with Crippen LogP contribution in [0.15, 0.2) is 68.7 Å². The third-order valence-corrected chi connectivity index (χ3v) is 22.2. The van der Waals surface area contributed by atoms with Crippen LogP contribution in [-0.2, 0) is 0 Å². The van der Waals surface area contributed by atoms with Crippen LogP contribution in [0.1, 0.15) is 23.0 Å². The zero-order valence-electron chi connectivity index (χ0n) is 22.3. The van der Waals surface area contributed by atoms with E-state index >= 15 is 0 Å². The number of halogens is 12. The predicted octanol–water partition coefficient (Wildman–Crippen LogP) is 14.5. The van der Waals surface area contributed by atoms with Crippen LogP contribution in [0.4, 0.5) is 0 Å². The van der Waals surface area contributed by atoms with Crippen LogP contribution < -0.4 is 0 Å². The van der Waals surface area contributed by atoms with Crippen molar-refractivity contribution >= 4 is 202 Å². The average Bonchev–Trinajstić information content (AvgIpc) is 3.67. The summed E-state index contributed by atoms with van der Waals surface area (Å²) in [5.74, 6) is -2.83. The Labute approximate surface area is 330 Å². The van der Waals surface area contributed by atoms with Crippen molar-refractivity contribution in [3.63, 3.8) is 0 Å². The number of alkyl halides is 8. The van der Waals surface area contributed by atoms with Crippen molar-refractivity contribution < 1.29 is 0 Å². The first-order valence-corrected chi connectivity index (χ1v) is 20.1. The molecule has 5 aliphatic rings. The van der Waals surface area contributed by atoms with Gasteiger partial charge in [-0.15, -0.1) is 69.1 Å². The predicted molar refractivity (Wildman–Crippen MR) is 205 cm³/mol. The van der Waals surface area contributed by atoms with Crippen molar-refractivity contribution in [2.75, 3.05) is 0 Å². The van der Waals surface area contributed by atoms with Crippen LogP contribution in [0.5, 0.6) is 0 Å². The topological polar surface area (TPSA) is 0 Å². The summed E-state index contributed by atoms with van der Waals surface area (Å²) in [4.78, 5) is -6.62. The molecular formula is C32H12Cl12S2. The highest BCUT2D eigenvalue weighted by molar-refractivity contribution is 7.36. The Balaban J connectivity index is 1.34. The standard InChI is InChI=1S/C32H12Cl12S2/c33-23-25(35)29(39)19-17(27(23,37)31(29,41)42)11-7-14-16(46-21-13-5-9-3-1-2-4-10(9)6-15(13)45-22(14)21)8-12(11)18-20(19)30(40)26(36)24(34)28(18,38)32(30,43)44/h1-8,17-20H. The summed E-state index contributed by atoms with van der Waals surface area (Å²) < 4.78 is 0.823. The first-order chi connectivity index (χ1) is 21.5. The summed E-state index contributed by atoms with van der Waals surface area (Å²) >= 11 is 90.3. The minimum atomic E-state index is -1.87. The Kier molecular flexibility index (Phi) is 6.32. The molecule has 4 bridgehead atoms. The van der Waals surface area contributed by atoms with Gasteiger partial charge in [0.1, 0.15) is 19.5 Å². The van der Waals surface area contributed by atoms with Gasteiger partial charge in [-0.3, -0.25) is 0 Å². The number of fused-ring (bicyclic) bond motifs is 20.